The van der Waals surface area contributed by atoms with Gasteiger partial charge in [-0.2, -0.15) is 0 Å². The van der Waals surface area contributed by atoms with Gasteiger partial charge < -0.3 is 10.2 Å². The van der Waals surface area contributed by atoms with Crippen molar-refractivity contribution >= 4 is 18.3 Å². The molecular formula is C21H29ClN4O. The minimum atomic E-state index is 0. The van der Waals surface area contributed by atoms with Crippen LogP contribution >= 0.6 is 12.4 Å². The number of rotatable bonds is 6. The van der Waals surface area contributed by atoms with Crippen molar-refractivity contribution in [3.8, 4) is 0 Å². The van der Waals surface area contributed by atoms with Crippen LogP contribution in [0.2, 0.25) is 0 Å². The lowest BCUT2D eigenvalue weighted by atomic mass is 10.1. The van der Waals surface area contributed by atoms with Crippen LogP contribution in [0.15, 0.2) is 48.8 Å². The van der Waals surface area contributed by atoms with Gasteiger partial charge in [-0.25, -0.2) is 0 Å². The van der Waals surface area contributed by atoms with Gasteiger partial charge in [0.05, 0.1) is 6.54 Å². The third-order valence-electron chi connectivity index (χ3n) is 5.04. The van der Waals surface area contributed by atoms with Crippen molar-refractivity contribution < 1.29 is 4.79 Å². The second-order valence-electron chi connectivity index (χ2n) is 6.90. The number of likely N-dealkylation sites (N-methyl/N-ethyl adjacent to an activating group) is 1. The number of carbonyl (C=O) groups is 1. The predicted molar refractivity (Wildman–Crippen MR) is 111 cm³/mol. The smallest absolute Gasteiger partial charge is 0.236 e. The molecule has 6 heteroatoms. The number of hydrogen-bond acceptors (Lipinski definition) is 4. The number of amides is 1. The number of piperazine rings is 1. The maximum atomic E-state index is 12.8. The molecule has 1 aromatic heterocycles. The highest BCUT2D eigenvalue weighted by Gasteiger charge is 2.26. The van der Waals surface area contributed by atoms with Crippen LogP contribution < -0.4 is 5.32 Å². The maximum Gasteiger partial charge on any atom is 0.236 e. The van der Waals surface area contributed by atoms with Gasteiger partial charge in [0.2, 0.25) is 5.91 Å². The standard InChI is InChI=1S/C21H28N4O.ClH/c1-3-17-6-8-18(9-7-17)15-24(2)21(26)16-25-12-11-23-14-20(25)19-5-4-10-22-13-19;/h4-10,13,20,23H,3,11-12,14-16H2,1-2H3;1H. The maximum absolute atomic E-state index is 12.8. The van der Waals surface area contributed by atoms with E-state index in [0.29, 0.717) is 13.1 Å². The Labute approximate surface area is 168 Å². The summed E-state index contributed by atoms with van der Waals surface area (Å²) in [5.41, 5.74) is 3.65. The molecule has 1 saturated heterocycles. The van der Waals surface area contributed by atoms with Crippen LogP contribution in [0.5, 0.6) is 0 Å². The summed E-state index contributed by atoms with van der Waals surface area (Å²) in [4.78, 5) is 21.1. The van der Waals surface area contributed by atoms with Crippen LogP contribution in [0.4, 0.5) is 0 Å². The predicted octanol–water partition coefficient (Wildman–Crippen LogP) is 2.67. The second-order valence-corrected chi connectivity index (χ2v) is 6.90. The number of nitrogens with one attached hydrogen (secondary N) is 1. The van der Waals surface area contributed by atoms with E-state index < -0.39 is 0 Å². The van der Waals surface area contributed by atoms with Crippen LogP contribution in [0, 0.1) is 0 Å². The second kappa shape index (κ2) is 10.4. The van der Waals surface area contributed by atoms with Gasteiger partial charge in [0.15, 0.2) is 0 Å². The Balaban J connectivity index is 0.00000261. The van der Waals surface area contributed by atoms with Crippen LogP contribution in [0.1, 0.15) is 29.7 Å². The Bertz CT molecular complexity index is 708. The first-order chi connectivity index (χ1) is 12.7. The van der Waals surface area contributed by atoms with Crippen molar-refractivity contribution in [2.24, 2.45) is 0 Å². The summed E-state index contributed by atoms with van der Waals surface area (Å²) >= 11 is 0. The SMILES string of the molecule is CCc1ccc(CN(C)C(=O)CN2CCNCC2c2cccnc2)cc1.Cl. The molecule has 3 rings (SSSR count). The number of halogens is 1. The van der Waals surface area contributed by atoms with Crippen molar-refractivity contribution in [1.82, 2.24) is 20.1 Å². The Morgan fingerprint density at radius 1 is 1.26 bits per heavy atom. The van der Waals surface area contributed by atoms with Crippen LogP contribution in [0.3, 0.4) is 0 Å². The molecule has 1 aromatic carbocycles. The number of carbonyl (C=O) groups excluding carboxylic acids is 1. The quantitative estimate of drug-likeness (QED) is 0.826. The summed E-state index contributed by atoms with van der Waals surface area (Å²) in [6.07, 6.45) is 4.72. The fourth-order valence-corrected chi connectivity index (χ4v) is 3.37. The molecule has 0 saturated carbocycles. The molecule has 146 valence electrons. The molecule has 1 unspecified atom stereocenters. The fourth-order valence-electron chi connectivity index (χ4n) is 3.37. The highest BCUT2D eigenvalue weighted by Crippen LogP contribution is 2.21. The van der Waals surface area contributed by atoms with E-state index in [0.717, 1.165) is 31.6 Å². The third-order valence-corrected chi connectivity index (χ3v) is 5.04. The van der Waals surface area contributed by atoms with Crippen molar-refractivity contribution in [2.75, 3.05) is 33.2 Å². The van der Waals surface area contributed by atoms with Gasteiger partial charge in [0, 0.05) is 51.7 Å². The zero-order valence-electron chi connectivity index (χ0n) is 16.1. The summed E-state index contributed by atoms with van der Waals surface area (Å²) in [6.45, 7) is 5.85. The summed E-state index contributed by atoms with van der Waals surface area (Å²) in [5, 5.41) is 3.42. The first-order valence-corrected chi connectivity index (χ1v) is 9.34. The van der Waals surface area contributed by atoms with Crippen LogP contribution in [0.25, 0.3) is 0 Å². The molecule has 1 atom stereocenters. The zero-order valence-corrected chi connectivity index (χ0v) is 16.9. The van der Waals surface area contributed by atoms with Gasteiger partial charge in [0.1, 0.15) is 0 Å². The number of nitrogens with zero attached hydrogens (tertiary/aromatic N) is 3. The van der Waals surface area contributed by atoms with E-state index in [1.54, 1.807) is 6.20 Å². The molecule has 27 heavy (non-hydrogen) atoms. The Morgan fingerprint density at radius 2 is 2.00 bits per heavy atom. The molecule has 1 aliphatic heterocycles. The van der Waals surface area contributed by atoms with E-state index >= 15 is 0 Å². The van der Waals surface area contributed by atoms with Crippen LogP contribution in [-0.4, -0.2) is 53.9 Å². The van der Waals surface area contributed by atoms with Gasteiger partial charge >= 0.3 is 0 Å². The van der Waals surface area contributed by atoms with E-state index in [1.807, 2.05) is 24.2 Å². The van der Waals surface area contributed by atoms with Crippen molar-refractivity contribution in [2.45, 2.75) is 25.9 Å². The average Bonchev–Trinajstić information content (AvgIpc) is 2.69. The average molecular weight is 389 g/mol. The van der Waals surface area contributed by atoms with E-state index in [-0.39, 0.29) is 24.4 Å². The Morgan fingerprint density at radius 3 is 2.67 bits per heavy atom. The molecule has 2 aromatic rings. The largest absolute Gasteiger partial charge is 0.340 e. The van der Waals surface area contributed by atoms with Gasteiger partial charge in [-0.05, 0) is 29.2 Å². The van der Waals surface area contributed by atoms with Gasteiger partial charge in [-0.15, -0.1) is 12.4 Å². The van der Waals surface area contributed by atoms with E-state index in [9.17, 15) is 4.79 Å². The van der Waals surface area contributed by atoms with E-state index in [1.165, 1.54) is 11.1 Å². The highest BCUT2D eigenvalue weighted by molar-refractivity contribution is 5.85. The van der Waals surface area contributed by atoms with Crippen molar-refractivity contribution in [3.05, 3.63) is 65.5 Å². The van der Waals surface area contributed by atoms with Gasteiger partial charge in [0.25, 0.3) is 0 Å². The molecule has 1 amide bonds. The lowest BCUT2D eigenvalue weighted by Gasteiger charge is -2.36. The molecular weight excluding hydrogens is 360 g/mol. The van der Waals surface area contributed by atoms with Crippen molar-refractivity contribution in [3.63, 3.8) is 0 Å². The molecule has 1 fully saturated rings. The Kier molecular flexibility index (Phi) is 8.23. The topological polar surface area (TPSA) is 48.5 Å². The summed E-state index contributed by atoms with van der Waals surface area (Å²) < 4.78 is 0. The monoisotopic (exact) mass is 388 g/mol. The number of aromatic nitrogens is 1. The summed E-state index contributed by atoms with van der Waals surface area (Å²) in [5.74, 6) is 0.153. The molecule has 0 spiro atoms. The lowest BCUT2D eigenvalue weighted by Crippen LogP contribution is -2.49. The zero-order chi connectivity index (χ0) is 18.4. The highest BCUT2D eigenvalue weighted by atomic mass is 35.5. The molecule has 2 heterocycles. The first-order valence-electron chi connectivity index (χ1n) is 9.34. The fraction of sp³-hybridized carbons (Fsp3) is 0.429. The number of hydrogen-bond donors (Lipinski definition) is 1. The molecule has 0 radical (unpaired) electrons. The molecule has 1 N–H and O–H groups in total. The summed E-state index contributed by atoms with van der Waals surface area (Å²) in [7, 11) is 1.89. The van der Waals surface area contributed by atoms with Gasteiger partial charge in [-0.3, -0.25) is 14.7 Å². The van der Waals surface area contributed by atoms with E-state index in [4.69, 9.17) is 0 Å². The minimum absolute atomic E-state index is 0. The van der Waals surface area contributed by atoms with Crippen LogP contribution in [-0.2, 0) is 17.8 Å². The Hall–Kier alpha value is -1.95. The van der Waals surface area contributed by atoms with Gasteiger partial charge in [-0.1, -0.05) is 37.3 Å². The summed E-state index contributed by atoms with van der Waals surface area (Å²) in [6, 6.07) is 12.7. The number of benzene rings is 1. The molecule has 5 nitrogen and oxygen atoms in total. The normalized spacial score (nSPS) is 17.2. The van der Waals surface area contributed by atoms with E-state index in [2.05, 4.69) is 52.5 Å². The first kappa shape index (κ1) is 21.4. The molecule has 0 aliphatic carbocycles. The third kappa shape index (κ3) is 5.76. The molecule has 0 bridgehead atoms. The lowest BCUT2D eigenvalue weighted by molar-refractivity contribution is -0.132. The molecule has 1 aliphatic rings. The number of pyridine rings is 1. The number of aryl methyl sites for hydroxylation is 1. The minimum Gasteiger partial charge on any atom is -0.340 e. The van der Waals surface area contributed by atoms with Crippen molar-refractivity contribution in [1.29, 1.82) is 0 Å².